The lowest BCUT2D eigenvalue weighted by molar-refractivity contribution is -0.285. The van der Waals surface area contributed by atoms with E-state index in [-0.39, 0.29) is 11.3 Å². The molecule has 0 spiro atoms. The minimum atomic E-state index is -1.80. The van der Waals surface area contributed by atoms with Crippen molar-refractivity contribution in [2.45, 2.75) is 51.5 Å². The molecule has 14 heteroatoms. The first-order chi connectivity index (χ1) is 19.3. The Kier molecular flexibility index (Phi) is 9.76. The van der Waals surface area contributed by atoms with Crippen LogP contribution in [0.5, 0.6) is 28.7 Å². The quantitative estimate of drug-likeness (QED) is 0.0935. The van der Waals surface area contributed by atoms with E-state index in [4.69, 9.17) is 23.7 Å². The molecule has 5 atom stereocenters. The van der Waals surface area contributed by atoms with E-state index in [1.807, 2.05) is 0 Å². The van der Waals surface area contributed by atoms with Gasteiger partial charge in [0, 0.05) is 20.8 Å². The van der Waals surface area contributed by atoms with Crippen molar-refractivity contribution >= 4 is 29.8 Å². The van der Waals surface area contributed by atoms with Crippen molar-refractivity contribution in [3.05, 3.63) is 47.5 Å². The maximum absolute atomic E-state index is 12.6. The van der Waals surface area contributed by atoms with E-state index in [2.05, 4.69) is 0 Å². The van der Waals surface area contributed by atoms with Crippen LogP contribution in [0, 0.1) is 0 Å². The first kappa shape index (κ1) is 30.7. The number of esters is 3. The number of hydrogen-bond acceptors (Lipinski definition) is 14. The van der Waals surface area contributed by atoms with Crippen LogP contribution in [0.4, 0.5) is 0 Å². The van der Waals surface area contributed by atoms with E-state index < -0.39 is 84.0 Å². The highest BCUT2D eigenvalue weighted by atomic mass is 16.7. The number of phenolic OH excluding ortho intramolecular Hbond substituents is 4. The van der Waals surface area contributed by atoms with Gasteiger partial charge in [0.15, 0.2) is 47.1 Å². The fourth-order valence-electron chi connectivity index (χ4n) is 3.87. The minimum Gasteiger partial charge on any atom is -0.504 e. The fourth-order valence-corrected chi connectivity index (χ4v) is 3.87. The highest BCUT2D eigenvalue weighted by molar-refractivity contribution is 6.09. The van der Waals surface area contributed by atoms with Crippen LogP contribution in [-0.4, -0.2) is 86.5 Å². The molecule has 2 aromatic carbocycles. The first-order valence-electron chi connectivity index (χ1n) is 12.1. The molecule has 0 aromatic heterocycles. The van der Waals surface area contributed by atoms with E-state index in [9.17, 15) is 44.7 Å². The number of ketones is 1. The second-order valence-corrected chi connectivity index (χ2v) is 8.86. The van der Waals surface area contributed by atoms with Crippen molar-refractivity contribution < 1.29 is 68.4 Å². The van der Waals surface area contributed by atoms with Crippen molar-refractivity contribution in [1.82, 2.24) is 0 Å². The van der Waals surface area contributed by atoms with Crippen LogP contribution < -0.4 is 4.74 Å². The summed E-state index contributed by atoms with van der Waals surface area (Å²) in [6.07, 6.45) is -5.40. The van der Waals surface area contributed by atoms with Crippen LogP contribution in [-0.2, 0) is 33.3 Å². The van der Waals surface area contributed by atoms with Gasteiger partial charge in [-0.2, -0.15) is 0 Å². The molecule has 0 saturated carbocycles. The van der Waals surface area contributed by atoms with Crippen molar-refractivity contribution in [3.8, 4) is 28.7 Å². The summed E-state index contributed by atoms with van der Waals surface area (Å²) in [6.45, 7) is 2.73. The lowest BCUT2D eigenvalue weighted by atomic mass is 9.98. The standard InChI is InChI=1S/C27H28O14/c1-12(28)37-11-21-25(38-13(2)29)26(39-14(3)30)24(36)27(41-21)40-20-9-6-16(22(34)23(20)35)17(31)7-4-15-5-8-18(32)19(33)10-15/h4-10,21,24-27,32-36H,11H2,1-3H3/b7-4+/t21-,24-,25-,26-,27-/m1/s1. The Labute approximate surface area is 232 Å². The number of carbonyl (C=O) groups excluding carboxylic acids is 4. The number of aliphatic hydroxyl groups is 1. The molecule has 1 aliphatic rings. The summed E-state index contributed by atoms with van der Waals surface area (Å²) >= 11 is 0. The second kappa shape index (κ2) is 13.0. The zero-order valence-electron chi connectivity index (χ0n) is 22.0. The Morgan fingerprint density at radius 3 is 2.12 bits per heavy atom. The smallest absolute Gasteiger partial charge is 0.303 e. The topological polar surface area (TPSA) is 216 Å². The summed E-state index contributed by atoms with van der Waals surface area (Å²) in [5.74, 6) is -6.09. The minimum absolute atomic E-state index is 0.334. The average molecular weight is 577 g/mol. The van der Waals surface area contributed by atoms with Crippen LogP contribution in [0.25, 0.3) is 6.08 Å². The van der Waals surface area contributed by atoms with E-state index in [0.717, 1.165) is 39.0 Å². The van der Waals surface area contributed by atoms with E-state index in [0.29, 0.717) is 5.56 Å². The molecular weight excluding hydrogens is 548 g/mol. The second-order valence-electron chi connectivity index (χ2n) is 8.86. The predicted octanol–water partition coefficient (Wildman–Crippen LogP) is 1.30. The molecule has 5 N–H and O–H groups in total. The van der Waals surface area contributed by atoms with Gasteiger partial charge in [0.05, 0.1) is 5.56 Å². The Morgan fingerprint density at radius 1 is 0.854 bits per heavy atom. The third-order valence-electron chi connectivity index (χ3n) is 5.72. The zero-order chi connectivity index (χ0) is 30.4. The van der Waals surface area contributed by atoms with Gasteiger partial charge in [-0.3, -0.25) is 19.2 Å². The molecule has 1 saturated heterocycles. The van der Waals surface area contributed by atoms with Gasteiger partial charge < -0.3 is 49.2 Å². The SMILES string of the molecule is CC(=O)OC[C@H]1O[C@@H](Oc2ccc(C(=O)/C=C/c3ccc(O)c(O)c3)c(O)c2O)[C@H](O)[C@@H](OC(C)=O)[C@@H]1OC(C)=O. The maximum atomic E-state index is 12.6. The van der Waals surface area contributed by atoms with Gasteiger partial charge in [0.1, 0.15) is 12.7 Å². The van der Waals surface area contributed by atoms with Gasteiger partial charge in [-0.25, -0.2) is 0 Å². The number of hydrogen-bond donors (Lipinski definition) is 5. The number of aliphatic hydroxyl groups excluding tert-OH is 1. The monoisotopic (exact) mass is 576 g/mol. The van der Waals surface area contributed by atoms with Crippen LogP contribution in [0.3, 0.4) is 0 Å². The molecular formula is C27H28O14. The van der Waals surface area contributed by atoms with Crippen LogP contribution >= 0.6 is 0 Å². The van der Waals surface area contributed by atoms with Crippen molar-refractivity contribution in [2.24, 2.45) is 0 Å². The lowest BCUT2D eigenvalue weighted by Crippen LogP contribution is -2.62. The van der Waals surface area contributed by atoms with Crippen LogP contribution in [0.15, 0.2) is 36.4 Å². The Hall–Kier alpha value is -4.82. The molecule has 220 valence electrons. The molecule has 1 heterocycles. The molecule has 3 rings (SSSR count). The number of ether oxygens (including phenoxy) is 5. The number of aromatic hydroxyl groups is 4. The van der Waals surface area contributed by atoms with Crippen molar-refractivity contribution in [2.75, 3.05) is 6.61 Å². The Balaban J connectivity index is 1.86. The number of phenols is 4. The van der Waals surface area contributed by atoms with Gasteiger partial charge in [-0.15, -0.1) is 0 Å². The predicted molar refractivity (Wildman–Crippen MR) is 136 cm³/mol. The fraction of sp³-hybridized carbons (Fsp3) is 0.333. The highest BCUT2D eigenvalue weighted by Gasteiger charge is 2.51. The summed E-state index contributed by atoms with van der Waals surface area (Å²) in [4.78, 5) is 47.4. The Bertz CT molecular complexity index is 1350. The zero-order valence-corrected chi connectivity index (χ0v) is 22.0. The van der Waals surface area contributed by atoms with Gasteiger partial charge in [0.2, 0.25) is 12.0 Å². The maximum Gasteiger partial charge on any atom is 0.303 e. The van der Waals surface area contributed by atoms with E-state index in [1.54, 1.807) is 0 Å². The molecule has 0 amide bonds. The molecule has 1 fully saturated rings. The summed E-state index contributed by atoms with van der Waals surface area (Å²) in [5.41, 5.74) is 0.0260. The molecule has 1 aliphatic heterocycles. The summed E-state index contributed by atoms with van der Waals surface area (Å²) < 4.78 is 26.4. The normalized spacial score (nSPS) is 22.1. The summed E-state index contributed by atoms with van der Waals surface area (Å²) in [5, 5.41) is 50.9. The number of allylic oxidation sites excluding steroid dienone is 1. The van der Waals surface area contributed by atoms with Gasteiger partial charge in [-0.1, -0.05) is 12.1 Å². The molecule has 2 aromatic rings. The number of rotatable bonds is 9. The Morgan fingerprint density at radius 2 is 1.51 bits per heavy atom. The summed E-state index contributed by atoms with van der Waals surface area (Å²) in [6, 6.07) is 6.05. The van der Waals surface area contributed by atoms with Gasteiger partial charge in [-0.05, 0) is 35.9 Å². The molecule has 0 unspecified atom stereocenters. The third kappa shape index (κ3) is 7.64. The van der Waals surface area contributed by atoms with Crippen LogP contribution in [0.2, 0.25) is 0 Å². The molecule has 14 nitrogen and oxygen atoms in total. The lowest BCUT2D eigenvalue weighted by Gasteiger charge is -2.42. The average Bonchev–Trinajstić information content (AvgIpc) is 2.89. The molecule has 0 radical (unpaired) electrons. The molecule has 0 bridgehead atoms. The highest BCUT2D eigenvalue weighted by Crippen LogP contribution is 2.40. The molecule has 41 heavy (non-hydrogen) atoms. The van der Waals surface area contributed by atoms with Crippen LogP contribution in [0.1, 0.15) is 36.7 Å². The molecule has 0 aliphatic carbocycles. The van der Waals surface area contributed by atoms with E-state index >= 15 is 0 Å². The number of carbonyl (C=O) groups is 4. The van der Waals surface area contributed by atoms with Crippen molar-refractivity contribution in [1.29, 1.82) is 0 Å². The largest absolute Gasteiger partial charge is 0.504 e. The van der Waals surface area contributed by atoms with Gasteiger partial charge >= 0.3 is 17.9 Å². The summed E-state index contributed by atoms with van der Waals surface area (Å²) in [7, 11) is 0. The van der Waals surface area contributed by atoms with Crippen molar-refractivity contribution in [3.63, 3.8) is 0 Å². The third-order valence-corrected chi connectivity index (χ3v) is 5.72. The van der Waals surface area contributed by atoms with Gasteiger partial charge in [0.25, 0.3) is 0 Å². The first-order valence-corrected chi connectivity index (χ1v) is 12.1. The van der Waals surface area contributed by atoms with E-state index in [1.165, 1.54) is 24.3 Å². The number of benzene rings is 2.